The summed E-state index contributed by atoms with van der Waals surface area (Å²) in [5, 5.41) is 44.7. The van der Waals surface area contributed by atoms with Crippen LogP contribution in [0.2, 0.25) is 0 Å². The van der Waals surface area contributed by atoms with E-state index in [2.05, 4.69) is 26.3 Å². The number of phenolic OH excluding ortho intramolecular Hbond substituents is 1. The van der Waals surface area contributed by atoms with E-state index >= 15 is 0 Å². The molecule has 0 spiro atoms. The number of hydrogen-bond donors (Lipinski definition) is 7. The van der Waals surface area contributed by atoms with Crippen molar-refractivity contribution >= 4 is 23.2 Å². The normalized spacial score (nSPS) is 16.5. The topological polar surface area (TPSA) is 178 Å². The van der Waals surface area contributed by atoms with Gasteiger partial charge in [-0.2, -0.15) is 0 Å². The maximum absolute atomic E-state index is 12.6. The molecule has 2 amide bonds. The van der Waals surface area contributed by atoms with Crippen molar-refractivity contribution in [1.82, 2.24) is 15.6 Å². The van der Waals surface area contributed by atoms with E-state index in [-0.39, 0.29) is 48.1 Å². The molecule has 2 atom stereocenters. The van der Waals surface area contributed by atoms with Crippen molar-refractivity contribution in [2.24, 2.45) is 5.92 Å². The zero-order valence-corrected chi connectivity index (χ0v) is 28.0. The number of rotatable bonds is 15. The first kappa shape index (κ1) is 35.1. The van der Waals surface area contributed by atoms with E-state index in [1.807, 2.05) is 54.6 Å². The van der Waals surface area contributed by atoms with E-state index in [4.69, 9.17) is 9.15 Å². The molecule has 1 saturated carbocycles. The van der Waals surface area contributed by atoms with Crippen LogP contribution in [0.4, 0.5) is 11.4 Å². The molecule has 50 heavy (non-hydrogen) atoms. The van der Waals surface area contributed by atoms with Crippen LogP contribution in [-0.4, -0.2) is 58.4 Å². The number of hydrogen-bond acceptors (Lipinski definition) is 10. The fourth-order valence-corrected chi connectivity index (χ4v) is 6.72. The van der Waals surface area contributed by atoms with Crippen LogP contribution in [-0.2, 0) is 28.2 Å². The molecule has 7 N–H and O–H groups in total. The molecular weight excluding hydrogens is 638 g/mol. The van der Waals surface area contributed by atoms with E-state index in [9.17, 15) is 24.9 Å². The van der Waals surface area contributed by atoms with Crippen molar-refractivity contribution in [3.8, 4) is 11.5 Å². The number of aromatic hydroxyl groups is 1. The largest absolute Gasteiger partial charge is 0.506 e. The lowest BCUT2D eigenvalue weighted by Crippen LogP contribution is -2.38. The maximum atomic E-state index is 12.6. The predicted octanol–water partition coefficient (Wildman–Crippen LogP) is 4.51. The fourth-order valence-electron chi connectivity index (χ4n) is 6.72. The summed E-state index contributed by atoms with van der Waals surface area (Å²) in [6.45, 7) is 1.61. The molecule has 1 aliphatic carbocycles. The molecule has 1 fully saturated rings. The first-order valence-electron chi connectivity index (χ1n) is 17.3. The Kier molecular flexibility index (Phi) is 11.4. The lowest BCUT2D eigenvalue weighted by molar-refractivity contribution is -0.118. The summed E-state index contributed by atoms with van der Waals surface area (Å²) in [5.41, 5.74) is 1.83. The van der Waals surface area contributed by atoms with Crippen molar-refractivity contribution in [1.29, 1.82) is 0 Å². The average molecular weight is 684 g/mol. The average Bonchev–Trinajstić information content (AvgIpc) is 3.62. The number of nitrogens with one attached hydrogen (secondary N) is 4. The third kappa shape index (κ3) is 8.33. The molecule has 1 aliphatic heterocycles. The van der Waals surface area contributed by atoms with Gasteiger partial charge in [0, 0.05) is 56.2 Å². The highest BCUT2D eigenvalue weighted by Gasteiger charge is 2.44. The maximum Gasteiger partial charge on any atom is 0.262 e. The SMILES string of the molecule is O=C(CCNCCc1cnc([C@](O)(c2ccccc2)C2CCCCC2)o1)Nc1ccc(CNCC(O)c2ccc(O)c3c2OCC(=O)N3)cc1. The van der Waals surface area contributed by atoms with Crippen molar-refractivity contribution in [3.05, 3.63) is 101 Å². The Labute approximate surface area is 291 Å². The molecular formula is C38H45N5O7. The third-order valence-electron chi connectivity index (χ3n) is 9.41. The summed E-state index contributed by atoms with van der Waals surface area (Å²) in [7, 11) is 0. The molecule has 12 nitrogen and oxygen atoms in total. The van der Waals surface area contributed by atoms with Gasteiger partial charge in [-0.05, 0) is 48.2 Å². The summed E-state index contributed by atoms with van der Waals surface area (Å²) in [5.74, 6) is 0.761. The summed E-state index contributed by atoms with van der Waals surface area (Å²) < 4.78 is 11.6. The summed E-state index contributed by atoms with van der Waals surface area (Å²) in [6.07, 6.45) is 6.89. The number of nitrogens with zero attached hydrogens (tertiary/aromatic N) is 1. The number of aromatic nitrogens is 1. The molecule has 0 saturated heterocycles. The quantitative estimate of drug-likeness (QED) is 0.0697. The first-order chi connectivity index (χ1) is 24.3. The molecule has 12 heteroatoms. The smallest absolute Gasteiger partial charge is 0.262 e. The number of fused-ring (bicyclic) bond motifs is 1. The minimum Gasteiger partial charge on any atom is -0.506 e. The van der Waals surface area contributed by atoms with E-state index in [0.29, 0.717) is 55.4 Å². The lowest BCUT2D eigenvalue weighted by Gasteiger charge is -2.36. The molecule has 4 aromatic rings. The van der Waals surface area contributed by atoms with Crippen LogP contribution < -0.4 is 26.0 Å². The molecule has 1 unspecified atom stereocenters. The number of amides is 2. The number of benzene rings is 3. The van der Waals surface area contributed by atoms with Crippen LogP contribution >= 0.6 is 0 Å². The van der Waals surface area contributed by atoms with Crippen LogP contribution in [0.25, 0.3) is 0 Å². The third-order valence-corrected chi connectivity index (χ3v) is 9.41. The fraction of sp³-hybridized carbons (Fsp3) is 0.395. The summed E-state index contributed by atoms with van der Waals surface area (Å²) in [4.78, 5) is 28.7. The number of aliphatic hydroxyl groups is 2. The Morgan fingerprint density at radius 2 is 1.78 bits per heavy atom. The molecule has 264 valence electrons. The van der Waals surface area contributed by atoms with E-state index < -0.39 is 11.7 Å². The van der Waals surface area contributed by atoms with Gasteiger partial charge in [0.05, 0.1) is 12.3 Å². The molecule has 6 rings (SSSR count). The Hall–Kier alpha value is -4.75. The Bertz CT molecular complexity index is 1740. The number of phenols is 1. The Balaban J connectivity index is 0.907. The number of anilines is 2. The Morgan fingerprint density at radius 3 is 2.56 bits per heavy atom. The van der Waals surface area contributed by atoms with Gasteiger partial charge in [-0.3, -0.25) is 9.59 Å². The number of carbonyl (C=O) groups excluding carboxylic acids is 2. The van der Waals surface area contributed by atoms with Crippen LogP contribution in [0.1, 0.15) is 73.0 Å². The molecule has 3 aromatic carbocycles. The van der Waals surface area contributed by atoms with Gasteiger partial charge in [-0.25, -0.2) is 4.98 Å². The van der Waals surface area contributed by atoms with E-state index in [1.54, 1.807) is 12.3 Å². The molecule has 1 aromatic heterocycles. The number of ether oxygens (including phenoxy) is 1. The highest BCUT2D eigenvalue weighted by atomic mass is 16.5. The van der Waals surface area contributed by atoms with Gasteiger partial charge in [-0.1, -0.05) is 61.7 Å². The second-order valence-electron chi connectivity index (χ2n) is 13.0. The second-order valence-corrected chi connectivity index (χ2v) is 13.0. The summed E-state index contributed by atoms with van der Waals surface area (Å²) in [6, 6.07) is 20.1. The zero-order chi connectivity index (χ0) is 34.9. The van der Waals surface area contributed by atoms with Gasteiger partial charge >= 0.3 is 0 Å². The van der Waals surface area contributed by atoms with Crippen molar-refractivity contribution in [2.45, 2.75) is 63.2 Å². The first-order valence-corrected chi connectivity index (χ1v) is 17.3. The standard InChI is InChI=1S/C38H45N5O7/c44-31-16-15-30(36-35(31)43-34(47)24-49-36)32(45)23-40-21-25-11-13-28(14-12-25)42-33(46)18-20-39-19-17-29-22-41-37(50-29)38(48,26-7-3-1-4-8-26)27-9-5-2-6-10-27/h1,3-4,7-8,11-16,22,27,32,39-40,44-45,48H,2,5-6,9-10,17-21,23-24H2,(H,42,46)(H,43,47)/t32?,38-/m0/s1. The van der Waals surface area contributed by atoms with Crippen LogP contribution in [0, 0.1) is 5.92 Å². The second kappa shape index (κ2) is 16.3. The minimum absolute atomic E-state index is 0.0565. The van der Waals surface area contributed by atoms with Gasteiger partial charge in [0.15, 0.2) is 18.0 Å². The zero-order valence-electron chi connectivity index (χ0n) is 28.0. The molecule has 2 aliphatic rings. The highest BCUT2D eigenvalue weighted by Crippen LogP contribution is 2.44. The highest BCUT2D eigenvalue weighted by molar-refractivity contribution is 5.97. The van der Waals surface area contributed by atoms with Crippen molar-refractivity contribution in [3.63, 3.8) is 0 Å². The number of aliphatic hydroxyl groups excluding tert-OH is 1. The van der Waals surface area contributed by atoms with Gasteiger partial charge in [0.2, 0.25) is 11.8 Å². The molecule has 2 heterocycles. The van der Waals surface area contributed by atoms with Crippen LogP contribution in [0.3, 0.4) is 0 Å². The molecule has 0 radical (unpaired) electrons. The number of carbonyl (C=O) groups is 2. The molecule has 0 bridgehead atoms. The number of oxazole rings is 1. The van der Waals surface area contributed by atoms with E-state index in [0.717, 1.165) is 36.8 Å². The summed E-state index contributed by atoms with van der Waals surface area (Å²) >= 11 is 0. The minimum atomic E-state index is -1.25. The van der Waals surface area contributed by atoms with Gasteiger partial charge in [0.1, 0.15) is 17.2 Å². The van der Waals surface area contributed by atoms with Crippen LogP contribution in [0.5, 0.6) is 11.5 Å². The van der Waals surface area contributed by atoms with Crippen LogP contribution in [0.15, 0.2) is 77.3 Å². The Morgan fingerprint density at radius 1 is 1.00 bits per heavy atom. The lowest BCUT2D eigenvalue weighted by atomic mass is 9.73. The van der Waals surface area contributed by atoms with Gasteiger partial charge in [-0.15, -0.1) is 0 Å². The predicted molar refractivity (Wildman–Crippen MR) is 188 cm³/mol. The van der Waals surface area contributed by atoms with Crippen molar-refractivity contribution in [2.75, 3.05) is 36.9 Å². The van der Waals surface area contributed by atoms with Gasteiger partial charge in [0.25, 0.3) is 5.91 Å². The van der Waals surface area contributed by atoms with Crippen molar-refractivity contribution < 1.29 is 34.1 Å². The monoisotopic (exact) mass is 683 g/mol. The van der Waals surface area contributed by atoms with Gasteiger partial charge < -0.3 is 45.7 Å². The van der Waals surface area contributed by atoms with E-state index in [1.165, 1.54) is 12.5 Å².